The van der Waals surface area contributed by atoms with Crippen molar-refractivity contribution >= 4 is 34.4 Å². The fraction of sp³-hybridized carbons (Fsp3) is 0.192. The van der Waals surface area contributed by atoms with Crippen molar-refractivity contribution in [2.75, 3.05) is 18.4 Å². The summed E-state index contributed by atoms with van der Waals surface area (Å²) in [6.45, 7) is 1.35. The number of carboxylic acid groups (broad SMARTS) is 1. The summed E-state index contributed by atoms with van der Waals surface area (Å²) in [6.07, 6.45) is 1.44. The van der Waals surface area contributed by atoms with E-state index >= 15 is 0 Å². The average molecular weight is 478 g/mol. The number of carbonyl (C=O) groups excluding carboxylic acids is 2. The van der Waals surface area contributed by atoms with Crippen LogP contribution >= 0.6 is 0 Å². The van der Waals surface area contributed by atoms with Gasteiger partial charge in [-0.05, 0) is 35.5 Å². The van der Waals surface area contributed by atoms with Gasteiger partial charge in [-0.1, -0.05) is 60.7 Å². The number of carboxylic acids is 1. The maximum Gasteiger partial charge on any atom is 0.411 e. The summed E-state index contributed by atoms with van der Waals surface area (Å²) in [5.41, 5.74) is 2.57. The number of hydroxylamine groups is 2. The summed E-state index contributed by atoms with van der Waals surface area (Å²) < 4.78 is 5.35. The second-order valence-corrected chi connectivity index (χ2v) is 7.71. The van der Waals surface area contributed by atoms with E-state index in [0.29, 0.717) is 36.3 Å². The van der Waals surface area contributed by atoms with Crippen LogP contribution in [0.5, 0.6) is 0 Å². The first-order chi connectivity index (χ1) is 16.9. The fourth-order valence-corrected chi connectivity index (χ4v) is 3.31. The van der Waals surface area contributed by atoms with Gasteiger partial charge in [-0.15, -0.1) is 0 Å². The average Bonchev–Trinajstić information content (AvgIpc) is 2.86. The van der Waals surface area contributed by atoms with E-state index in [9.17, 15) is 19.6 Å². The number of hydrogen-bond donors (Lipinski definition) is 4. The van der Waals surface area contributed by atoms with Crippen LogP contribution in [0, 0.1) is 0 Å². The van der Waals surface area contributed by atoms with Crippen molar-refractivity contribution in [2.45, 2.75) is 19.6 Å². The van der Waals surface area contributed by atoms with Gasteiger partial charge in [0.25, 0.3) is 5.91 Å². The largest absolute Gasteiger partial charge is 0.478 e. The highest BCUT2D eigenvalue weighted by molar-refractivity contribution is 6.00. The number of nitrogens with one attached hydrogen (secondary N) is 2. The monoisotopic (exact) mass is 477 g/mol. The van der Waals surface area contributed by atoms with Crippen LogP contribution in [0.4, 0.5) is 10.5 Å². The summed E-state index contributed by atoms with van der Waals surface area (Å²) in [5.74, 6) is -2.04. The first kappa shape index (κ1) is 25.4. The summed E-state index contributed by atoms with van der Waals surface area (Å²) in [6, 6.07) is 21.1. The van der Waals surface area contributed by atoms with Gasteiger partial charge in [0.05, 0.1) is 5.69 Å². The van der Waals surface area contributed by atoms with Gasteiger partial charge < -0.3 is 15.2 Å². The molecule has 182 valence electrons. The molecule has 0 heterocycles. The summed E-state index contributed by atoms with van der Waals surface area (Å²) >= 11 is 0. The Labute approximate surface area is 202 Å². The molecule has 0 aliphatic carbocycles. The van der Waals surface area contributed by atoms with Crippen molar-refractivity contribution in [2.24, 2.45) is 0 Å². The molecule has 0 aromatic heterocycles. The Morgan fingerprint density at radius 3 is 2.40 bits per heavy atom. The molecule has 35 heavy (non-hydrogen) atoms. The first-order valence-electron chi connectivity index (χ1n) is 11.0. The van der Waals surface area contributed by atoms with Crippen LogP contribution in [0.15, 0.2) is 78.9 Å². The molecule has 3 rings (SSSR count). The van der Waals surface area contributed by atoms with Crippen LogP contribution < -0.4 is 10.6 Å². The van der Waals surface area contributed by atoms with Gasteiger partial charge in [0.2, 0.25) is 0 Å². The zero-order valence-corrected chi connectivity index (χ0v) is 19.0. The van der Waals surface area contributed by atoms with Crippen molar-refractivity contribution in [1.29, 1.82) is 0 Å². The number of hydrogen-bond acceptors (Lipinski definition) is 6. The molecule has 0 saturated heterocycles. The smallest absolute Gasteiger partial charge is 0.411 e. The number of nitrogens with zero attached hydrogens (tertiary/aromatic N) is 1. The minimum absolute atomic E-state index is 0.0763. The first-order valence-corrected chi connectivity index (χ1v) is 11.0. The Bertz CT molecular complexity index is 1190. The van der Waals surface area contributed by atoms with Crippen LogP contribution in [0.25, 0.3) is 10.8 Å². The summed E-state index contributed by atoms with van der Waals surface area (Å²) in [5, 5.41) is 26.5. The number of anilines is 1. The number of ether oxygens (including phenoxy) is 1. The van der Waals surface area contributed by atoms with Gasteiger partial charge in [0, 0.05) is 30.6 Å². The lowest BCUT2D eigenvalue weighted by molar-refractivity contribution is -0.159. The van der Waals surface area contributed by atoms with Crippen LogP contribution in [-0.2, 0) is 27.5 Å². The minimum Gasteiger partial charge on any atom is -0.478 e. The second kappa shape index (κ2) is 12.9. The second-order valence-electron chi connectivity index (χ2n) is 7.71. The standard InChI is InChI=1S/C26H27N3O6/c30-24(13-14-25(31)32)29(34)16-4-15-27-17-19-9-11-20(12-10-19)18-35-26(33)28-23-8-3-6-21-5-1-2-7-22(21)23/h1-3,5-14,27,34H,4,15-18H2,(H,28,33)(H,31,32)/b14-13+. The predicted octanol–water partition coefficient (Wildman–Crippen LogP) is 3.93. The third-order valence-corrected chi connectivity index (χ3v) is 5.09. The van der Waals surface area contributed by atoms with Gasteiger partial charge in [-0.2, -0.15) is 0 Å². The number of amides is 2. The molecule has 0 radical (unpaired) electrons. The van der Waals surface area contributed by atoms with E-state index in [-0.39, 0.29) is 13.2 Å². The molecule has 2 amide bonds. The van der Waals surface area contributed by atoms with Crippen molar-refractivity contribution in [1.82, 2.24) is 10.4 Å². The Balaban J connectivity index is 1.36. The van der Waals surface area contributed by atoms with Gasteiger partial charge in [0.1, 0.15) is 6.61 Å². The number of carbonyl (C=O) groups is 3. The molecule has 3 aromatic carbocycles. The lowest BCUT2D eigenvalue weighted by atomic mass is 10.1. The van der Waals surface area contributed by atoms with Crippen molar-refractivity contribution in [3.05, 3.63) is 90.0 Å². The highest BCUT2D eigenvalue weighted by Crippen LogP contribution is 2.23. The molecular formula is C26H27N3O6. The van der Waals surface area contributed by atoms with Crippen molar-refractivity contribution < 1.29 is 29.4 Å². The highest BCUT2D eigenvalue weighted by atomic mass is 16.5. The fourth-order valence-electron chi connectivity index (χ4n) is 3.31. The number of benzene rings is 3. The molecule has 3 aromatic rings. The predicted molar refractivity (Wildman–Crippen MR) is 131 cm³/mol. The molecule has 0 aliphatic heterocycles. The van der Waals surface area contributed by atoms with Gasteiger partial charge >= 0.3 is 12.1 Å². The SMILES string of the molecule is O=C(O)/C=C/C(=O)N(O)CCCNCc1ccc(COC(=O)Nc2cccc3ccccc23)cc1. The van der Waals surface area contributed by atoms with Crippen LogP contribution in [0.2, 0.25) is 0 Å². The topological polar surface area (TPSA) is 128 Å². The number of aliphatic carboxylic acids is 1. The molecule has 0 spiro atoms. The lowest BCUT2D eigenvalue weighted by Gasteiger charge is -2.13. The molecule has 0 fully saturated rings. The van der Waals surface area contributed by atoms with Gasteiger partial charge in [-0.25, -0.2) is 14.7 Å². The lowest BCUT2D eigenvalue weighted by Crippen LogP contribution is -2.29. The maximum absolute atomic E-state index is 12.2. The van der Waals surface area contributed by atoms with Gasteiger partial charge in [-0.3, -0.25) is 15.3 Å². The van der Waals surface area contributed by atoms with Crippen LogP contribution in [0.3, 0.4) is 0 Å². The van der Waals surface area contributed by atoms with Crippen LogP contribution in [-0.4, -0.2) is 46.4 Å². The molecule has 9 nitrogen and oxygen atoms in total. The van der Waals surface area contributed by atoms with Crippen molar-refractivity contribution in [3.8, 4) is 0 Å². The summed E-state index contributed by atoms with van der Waals surface area (Å²) in [7, 11) is 0. The van der Waals surface area contributed by atoms with E-state index in [4.69, 9.17) is 9.84 Å². The zero-order valence-electron chi connectivity index (χ0n) is 19.0. The number of rotatable bonds is 11. The third-order valence-electron chi connectivity index (χ3n) is 5.09. The molecule has 0 bridgehead atoms. The zero-order chi connectivity index (χ0) is 25.0. The van der Waals surface area contributed by atoms with Gasteiger partial charge in [0.15, 0.2) is 0 Å². The Morgan fingerprint density at radius 1 is 0.914 bits per heavy atom. The Kier molecular flexibility index (Phi) is 9.35. The molecule has 4 N–H and O–H groups in total. The normalized spacial score (nSPS) is 10.9. The van der Waals surface area contributed by atoms with E-state index in [1.54, 1.807) is 0 Å². The minimum atomic E-state index is -1.25. The quantitative estimate of drug-likeness (QED) is 0.143. The Morgan fingerprint density at radius 2 is 1.63 bits per heavy atom. The van der Waals surface area contributed by atoms with E-state index in [1.165, 1.54) is 0 Å². The summed E-state index contributed by atoms with van der Waals surface area (Å²) in [4.78, 5) is 34.1. The Hall–Kier alpha value is -4.21. The molecule has 9 heteroatoms. The molecular weight excluding hydrogens is 450 g/mol. The van der Waals surface area contributed by atoms with E-state index < -0.39 is 18.0 Å². The molecule has 0 saturated carbocycles. The van der Waals surface area contributed by atoms with E-state index in [1.807, 2.05) is 66.7 Å². The molecule has 0 unspecified atom stereocenters. The van der Waals surface area contributed by atoms with E-state index in [0.717, 1.165) is 28.0 Å². The third kappa shape index (κ3) is 8.26. The van der Waals surface area contributed by atoms with Crippen molar-refractivity contribution in [3.63, 3.8) is 0 Å². The highest BCUT2D eigenvalue weighted by Gasteiger charge is 2.08. The van der Waals surface area contributed by atoms with Crippen LogP contribution in [0.1, 0.15) is 17.5 Å². The number of fused-ring (bicyclic) bond motifs is 1. The maximum atomic E-state index is 12.2. The molecule has 0 atom stereocenters. The molecule has 0 aliphatic rings. The van der Waals surface area contributed by atoms with E-state index in [2.05, 4.69) is 10.6 Å².